The van der Waals surface area contributed by atoms with Gasteiger partial charge < -0.3 is 10.6 Å². The quantitative estimate of drug-likeness (QED) is 0.764. The molecule has 0 saturated heterocycles. The molecule has 0 saturated carbocycles. The molecule has 0 aliphatic rings. The molecule has 0 unspecified atom stereocenters. The molecule has 2 rings (SSSR count). The minimum atomic E-state index is -0.157. The number of halogens is 3. The second kappa shape index (κ2) is 7.16. The SMILES string of the molecule is Cc1cc(Br)ccc1NCC(=O)Nc1ccc(Cl)c(Cl)c1. The molecule has 0 bridgehead atoms. The van der Waals surface area contributed by atoms with Gasteiger partial charge in [-0.15, -0.1) is 0 Å². The van der Waals surface area contributed by atoms with Gasteiger partial charge in [-0.1, -0.05) is 39.1 Å². The Morgan fingerprint density at radius 2 is 1.90 bits per heavy atom. The highest BCUT2D eigenvalue weighted by Gasteiger charge is 2.06. The first-order valence-electron chi connectivity index (χ1n) is 6.20. The van der Waals surface area contributed by atoms with Crippen LogP contribution in [0.1, 0.15) is 5.56 Å². The van der Waals surface area contributed by atoms with Crippen LogP contribution in [0.3, 0.4) is 0 Å². The van der Waals surface area contributed by atoms with Crippen LogP contribution in [0.25, 0.3) is 0 Å². The summed E-state index contributed by atoms with van der Waals surface area (Å²) in [5, 5.41) is 6.72. The van der Waals surface area contributed by atoms with Crippen LogP contribution in [0.15, 0.2) is 40.9 Å². The molecule has 0 fully saturated rings. The smallest absolute Gasteiger partial charge is 0.243 e. The predicted octanol–water partition coefficient (Wildman–Crippen LogP) is 5.11. The third kappa shape index (κ3) is 4.63. The van der Waals surface area contributed by atoms with Crippen molar-refractivity contribution in [1.82, 2.24) is 0 Å². The van der Waals surface area contributed by atoms with E-state index in [4.69, 9.17) is 23.2 Å². The van der Waals surface area contributed by atoms with Crippen molar-refractivity contribution in [3.05, 3.63) is 56.5 Å². The van der Waals surface area contributed by atoms with Crippen LogP contribution in [0.5, 0.6) is 0 Å². The van der Waals surface area contributed by atoms with Gasteiger partial charge in [0.05, 0.1) is 16.6 Å². The van der Waals surface area contributed by atoms with Gasteiger partial charge in [0.25, 0.3) is 0 Å². The number of benzene rings is 2. The van der Waals surface area contributed by atoms with Crippen LogP contribution in [-0.2, 0) is 4.79 Å². The summed E-state index contributed by atoms with van der Waals surface area (Å²) in [7, 11) is 0. The second-order valence-corrected chi connectivity index (χ2v) is 6.22. The van der Waals surface area contributed by atoms with Gasteiger partial charge in [-0.2, -0.15) is 0 Å². The summed E-state index contributed by atoms with van der Waals surface area (Å²) in [4.78, 5) is 11.9. The zero-order chi connectivity index (χ0) is 15.4. The molecule has 21 heavy (non-hydrogen) atoms. The van der Waals surface area contributed by atoms with Gasteiger partial charge in [-0.25, -0.2) is 0 Å². The molecule has 110 valence electrons. The number of aryl methyl sites for hydroxylation is 1. The molecule has 0 heterocycles. The number of anilines is 2. The van der Waals surface area contributed by atoms with Gasteiger partial charge in [0, 0.05) is 15.8 Å². The van der Waals surface area contributed by atoms with E-state index in [9.17, 15) is 4.79 Å². The molecular weight excluding hydrogens is 375 g/mol. The van der Waals surface area contributed by atoms with Gasteiger partial charge in [0.2, 0.25) is 5.91 Å². The summed E-state index contributed by atoms with van der Waals surface area (Å²) < 4.78 is 1.01. The third-order valence-corrected chi connectivity index (χ3v) is 4.06. The Morgan fingerprint density at radius 3 is 2.57 bits per heavy atom. The topological polar surface area (TPSA) is 41.1 Å². The van der Waals surface area contributed by atoms with E-state index < -0.39 is 0 Å². The summed E-state index contributed by atoms with van der Waals surface area (Å²) in [6.07, 6.45) is 0. The highest BCUT2D eigenvalue weighted by molar-refractivity contribution is 9.10. The van der Waals surface area contributed by atoms with E-state index >= 15 is 0 Å². The Balaban J connectivity index is 1.94. The van der Waals surface area contributed by atoms with Crippen LogP contribution in [0.2, 0.25) is 10.0 Å². The molecule has 0 spiro atoms. The summed E-state index contributed by atoms with van der Waals surface area (Å²) in [6.45, 7) is 2.15. The molecule has 0 aromatic heterocycles. The molecule has 6 heteroatoms. The van der Waals surface area contributed by atoms with E-state index in [2.05, 4.69) is 26.6 Å². The van der Waals surface area contributed by atoms with E-state index in [0.29, 0.717) is 15.7 Å². The van der Waals surface area contributed by atoms with Crippen LogP contribution in [-0.4, -0.2) is 12.5 Å². The molecule has 2 aromatic carbocycles. The number of amides is 1. The number of rotatable bonds is 4. The lowest BCUT2D eigenvalue weighted by molar-refractivity contribution is -0.114. The highest BCUT2D eigenvalue weighted by Crippen LogP contribution is 2.25. The highest BCUT2D eigenvalue weighted by atomic mass is 79.9. The zero-order valence-corrected chi connectivity index (χ0v) is 14.3. The Kier molecular flexibility index (Phi) is 5.51. The van der Waals surface area contributed by atoms with Crippen LogP contribution >= 0.6 is 39.1 Å². The summed E-state index contributed by atoms with van der Waals surface area (Å²) in [6, 6.07) is 10.8. The number of carbonyl (C=O) groups excluding carboxylic acids is 1. The van der Waals surface area contributed by atoms with E-state index in [0.717, 1.165) is 15.7 Å². The van der Waals surface area contributed by atoms with Gasteiger partial charge in [0.1, 0.15) is 0 Å². The zero-order valence-electron chi connectivity index (χ0n) is 11.2. The first kappa shape index (κ1) is 16.1. The number of nitrogens with one attached hydrogen (secondary N) is 2. The Hall–Kier alpha value is -1.23. The largest absolute Gasteiger partial charge is 0.376 e. The molecule has 2 aromatic rings. The van der Waals surface area contributed by atoms with Gasteiger partial charge in [0.15, 0.2) is 0 Å². The van der Waals surface area contributed by atoms with E-state index in [-0.39, 0.29) is 12.5 Å². The van der Waals surface area contributed by atoms with Crippen molar-refractivity contribution >= 4 is 56.4 Å². The average Bonchev–Trinajstić information content (AvgIpc) is 2.42. The van der Waals surface area contributed by atoms with Crippen molar-refractivity contribution in [2.45, 2.75) is 6.92 Å². The maximum absolute atomic E-state index is 11.9. The molecule has 0 atom stereocenters. The number of hydrogen-bond donors (Lipinski definition) is 2. The molecule has 0 radical (unpaired) electrons. The molecule has 0 aliphatic heterocycles. The van der Waals surface area contributed by atoms with Crippen molar-refractivity contribution in [2.75, 3.05) is 17.2 Å². The average molecular weight is 388 g/mol. The van der Waals surface area contributed by atoms with Gasteiger partial charge in [-0.05, 0) is 48.9 Å². The second-order valence-electron chi connectivity index (χ2n) is 4.49. The lowest BCUT2D eigenvalue weighted by atomic mass is 10.2. The van der Waals surface area contributed by atoms with Gasteiger partial charge in [-0.3, -0.25) is 4.79 Å². The minimum Gasteiger partial charge on any atom is -0.376 e. The molecule has 1 amide bonds. The molecular formula is C15H13BrCl2N2O. The maximum Gasteiger partial charge on any atom is 0.243 e. The standard InChI is InChI=1S/C15H13BrCl2N2O/c1-9-6-10(16)2-5-14(9)19-8-15(21)20-11-3-4-12(17)13(18)7-11/h2-7,19H,8H2,1H3,(H,20,21). The summed E-state index contributed by atoms with van der Waals surface area (Å²) in [5.41, 5.74) is 2.60. The fourth-order valence-electron chi connectivity index (χ4n) is 1.78. The fraction of sp³-hybridized carbons (Fsp3) is 0.133. The van der Waals surface area contributed by atoms with Crippen molar-refractivity contribution in [2.24, 2.45) is 0 Å². The molecule has 2 N–H and O–H groups in total. The number of carbonyl (C=O) groups is 1. The Labute approximate surface area is 141 Å². The van der Waals surface area contributed by atoms with E-state index in [1.165, 1.54) is 0 Å². The fourth-order valence-corrected chi connectivity index (χ4v) is 2.55. The van der Waals surface area contributed by atoms with Gasteiger partial charge >= 0.3 is 0 Å². The lowest BCUT2D eigenvalue weighted by Crippen LogP contribution is -2.22. The van der Waals surface area contributed by atoms with Crippen LogP contribution in [0, 0.1) is 6.92 Å². The minimum absolute atomic E-state index is 0.157. The van der Waals surface area contributed by atoms with Crippen molar-refractivity contribution in [3.63, 3.8) is 0 Å². The van der Waals surface area contributed by atoms with Crippen LogP contribution in [0.4, 0.5) is 11.4 Å². The predicted molar refractivity (Wildman–Crippen MR) is 92.5 cm³/mol. The summed E-state index contributed by atoms with van der Waals surface area (Å²) in [5.74, 6) is -0.157. The normalized spacial score (nSPS) is 10.3. The van der Waals surface area contributed by atoms with Crippen molar-refractivity contribution in [3.8, 4) is 0 Å². The van der Waals surface area contributed by atoms with Crippen LogP contribution < -0.4 is 10.6 Å². The monoisotopic (exact) mass is 386 g/mol. The molecule has 0 aliphatic carbocycles. The Morgan fingerprint density at radius 1 is 1.14 bits per heavy atom. The lowest BCUT2D eigenvalue weighted by Gasteiger charge is -2.10. The maximum atomic E-state index is 11.9. The summed E-state index contributed by atoms with van der Waals surface area (Å²) >= 11 is 15.1. The first-order chi connectivity index (χ1) is 9.95. The van der Waals surface area contributed by atoms with E-state index in [1.54, 1.807) is 18.2 Å². The first-order valence-corrected chi connectivity index (χ1v) is 7.75. The molecule has 3 nitrogen and oxygen atoms in total. The van der Waals surface area contributed by atoms with E-state index in [1.807, 2.05) is 25.1 Å². The van der Waals surface area contributed by atoms with Crippen molar-refractivity contribution < 1.29 is 4.79 Å². The van der Waals surface area contributed by atoms with Crippen molar-refractivity contribution in [1.29, 1.82) is 0 Å². The number of hydrogen-bond acceptors (Lipinski definition) is 2. The third-order valence-electron chi connectivity index (χ3n) is 2.83. The Bertz CT molecular complexity index is 677.